The number of nitrogens with zero attached hydrogens (tertiary/aromatic N) is 6. The van der Waals surface area contributed by atoms with E-state index in [0.29, 0.717) is 11.9 Å². The molecular weight excluding hydrogens is 366 g/mol. The van der Waals surface area contributed by atoms with Gasteiger partial charge < -0.3 is 19.9 Å². The highest BCUT2D eigenvalue weighted by Gasteiger charge is 2.29. The zero-order valence-electron chi connectivity index (χ0n) is 16.5. The molecule has 0 saturated carbocycles. The van der Waals surface area contributed by atoms with Gasteiger partial charge in [-0.15, -0.1) is 0 Å². The molecule has 0 radical (unpaired) electrons. The van der Waals surface area contributed by atoms with Crippen LogP contribution in [0.3, 0.4) is 0 Å². The van der Waals surface area contributed by atoms with Gasteiger partial charge in [-0.3, -0.25) is 9.88 Å². The van der Waals surface area contributed by atoms with E-state index in [1.807, 2.05) is 17.7 Å². The van der Waals surface area contributed by atoms with E-state index >= 15 is 0 Å². The van der Waals surface area contributed by atoms with Crippen LogP contribution < -0.4 is 10.6 Å². The van der Waals surface area contributed by atoms with Crippen LogP contribution in [-0.4, -0.2) is 69.9 Å². The van der Waals surface area contributed by atoms with E-state index in [0.717, 1.165) is 62.0 Å². The van der Waals surface area contributed by atoms with Crippen LogP contribution in [0.2, 0.25) is 0 Å². The van der Waals surface area contributed by atoms with Crippen molar-refractivity contribution in [1.29, 1.82) is 0 Å². The van der Waals surface area contributed by atoms with Crippen molar-refractivity contribution >= 4 is 11.5 Å². The Morgan fingerprint density at radius 2 is 1.97 bits per heavy atom. The molecule has 2 aliphatic heterocycles. The molecule has 150 valence electrons. The predicted molar refractivity (Wildman–Crippen MR) is 112 cm³/mol. The third-order valence-electron chi connectivity index (χ3n) is 5.85. The molecule has 2 aromatic heterocycles. The first-order valence-corrected chi connectivity index (χ1v) is 9.97. The fourth-order valence-electron chi connectivity index (χ4n) is 3.93. The number of nitrogens with two attached hydrogens (primary N) is 1. The second kappa shape index (κ2) is 7.46. The first-order valence-electron chi connectivity index (χ1n) is 9.97. The normalized spacial score (nSPS) is 18.0. The number of benzene rings is 1. The predicted octanol–water partition coefficient (Wildman–Crippen LogP) is 1.74. The summed E-state index contributed by atoms with van der Waals surface area (Å²) in [5.74, 6) is 0.459. The van der Waals surface area contributed by atoms with Crippen molar-refractivity contribution in [3.05, 3.63) is 48.8 Å². The number of piperazine rings is 1. The maximum absolute atomic E-state index is 6.05. The molecule has 5 rings (SSSR count). The monoisotopic (exact) mass is 391 g/mol. The summed E-state index contributed by atoms with van der Waals surface area (Å²) in [6.45, 7) is 7.73. The molecule has 2 fully saturated rings. The summed E-state index contributed by atoms with van der Waals surface area (Å²) in [7, 11) is 0. The van der Waals surface area contributed by atoms with Gasteiger partial charge in [0.25, 0.3) is 0 Å². The molecule has 0 atom stereocenters. The lowest BCUT2D eigenvalue weighted by atomic mass is 10.1. The highest BCUT2D eigenvalue weighted by Crippen LogP contribution is 2.31. The maximum Gasteiger partial charge on any atom is 0.145 e. The molecule has 2 aliphatic rings. The average Bonchev–Trinajstić information content (AvgIpc) is 3.24. The van der Waals surface area contributed by atoms with Crippen LogP contribution in [0.5, 0.6) is 0 Å². The second-order valence-electron chi connectivity index (χ2n) is 7.61. The van der Waals surface area contributed by atoms with Crippen molar-refractivity contribution in [2.24, 2.45) is 0 Å². The van der Waals surface area contributed by atoms with Crippen LogP contribution in [0.25, 0.3) is 16.9 Å². The van der Waals surface area contributed by atoms with Gasteiger partial charge in [-0.05, 0) is 25.1 Å². The summed E-state index contributed by atoms with van der Waals surface area (Å²) in [6.07, 6.45) is 7.29. The molecular formula is C21H25N7O. The third-order valence-corrected chi connectivity index (χ3v) is 5.85. The Bertz CT molecular complexity index is 992. The molecule has 8 nitrogen and oxygen atoms in total. The number of aromatic nitrogens is 4. The quantitative estimate of drug-likeness (QED) is 0.725. The number of imidazole rings is 1. The minimum Gasteiger partial charge on any atom is -0.382 e. The SMILES string of the molecule is Cc1ncc(-c2cc(N3CCN(C4COC4)CC3)ccc2-n2ccnc2)nc1N. The third kappa shape index (κ3) is 3.45. The molecule has 3 aromatic rings. The number of hydrogen-bond donors (Lipinski definition) is 1. The lowest BCUT2D eigenvalue weighted by Crippen LogP contribution is -2.56. The molecule has 0 aliphatic carbocycles. The van der Waals surface area contributed by atoms with Crippen LogP contribution in [0, 0.1) is 6.92 Å². The zero-order valence-corrected chi connectivity index (χ0v) is 16.5. The summed E-state index contributed by atoms with van der Waals surface area (Å²) >= 11 is 0. The summed E-state index contributed by atoms with van der Waals surface area (Å²) < 4.78 is 7.34. The Morgan fingerprint density at radius 3 is 2.62 bits per heavy atom. The number of anilines is 2. The smallest absolute Gasteiger partial charge is 0.145 e. The van der Waals surface area contributed by atoms with Gasteiger partial charge in [0.15, 0.2) is 0 Å². The Balaban J connectivity index is 1.47. The number of nitrogen functional groups attached to an aromatic ring is 1. The first kappa shape index (κ1) is 18.1. The molecule has 0 spiro atoms. The first-order chi connectivity index (χ1) is 14.2. The van der Waals surface area contributed by atoms with Gasteiger partial charge in [-0.25, -0.2) is 9.97 Å². The lowest BCUT2D eigenvalue weighted by molar-refractivity contribution is -0.0660. The van der Waals surface area contributed by atoms with Crippen LogP contribution in [0.15, 0.2) is 43.1 Å². The van der Waals surface area contributed by atoms with E-state index in [4.69, 9.17) is 10.5 Å². The van der Waals surface area contributed by atoms with E-state index in [9.17, 15) is 0 Å². The van der Waals surface area contributed by atoms with Gasteiger partial charge in [0.2, 0.25) is 0 Å². The van der Waals surface area contributed by atoms with E-state index in [2.05, 4.69) is 43.0 Å². The van der Waals surface area contributed by atoms with Crippen LogP contribution in [0.1, 0.15) is 5.69 Å². The largest absolute Gasteiger partial charge is 0.382 e. The Hall–Kier alpha value is -2.97. The fourth-order valence-corrected chi connectivity index (χ4v) is 3.93. The second-order valence-corrected chi connectivity index (χ2v) is 7.61. The molecule has 2 N–H and O–H groups in total. The minimum absolute atomic E-state index is 0.459. The Labute approximate surface area is 170 Å². The Kier molecular flexibility index (Phi) is 4.65. The summed E-state index contributed by atoms with van der Waals surface area (Å²) in [4.78, 5) is 18.2. The van der Waals surface area contributed by atoms with Crippen molar-refractivity contribution < 1.29 is 4.74 Å². The molecule has 8 heteroatoms. The van der Waals surface area contributed by atoms with Crippen molar-refractivity contribution in [3.8, 4) is 16.9 Å². The molecule has 29 heavy (non-hydrogen) atoms. The van der Waals surface area contributed by atoms with Gasteiger partial charge in [0.05, 0.1) is 48.9 Å². The molecule has 0 bridgehead atoms. The van der Waals surface area contributed by atoms with Gasteiger partial charge in [0, 0.05) is 49.8 Å². The topological polar surface area (TPSA) is 85.3 Å². The van der Waals surface area contributed by atoms with E-state index in [1.165, 1.54) is 5.69 Å². The van der Waals surface area contributed by atoms with Crippen molar-refractivity contribution in [2.45, 2.75) is 13.0 Å². The standard InChI is InChI=1S/C21H25N7O/c1-15-21(22)25-19(11-24-15)18-10-16(2-3-20(18)28-5-4-23-14-28)26-6-8-27(9-7-26)17-12-29-13-17/h2-5,10-11,14,17H,6-9,12-13H2,1H3,(H2,22,25). The summed E-state index contributed by atoms with van der Waals surface area (Å²) in [6, 6.07) is 7.08. The van der Waals surface area contributed by atoms with Crippen LogP contribution in [-0.2, 0) is 4.74 Å². The average molecular weight is 391 g/mol. The van der Waals surface area contributed by atoms with Crippen molar-refractivity contribution in [1.82, 2.24) is 24.4 Å². The van der Waals surface area contributed by atoms with Gasteiger partial charge >= 0.3 is 0 Å². The maximum atomic E-state index is 6.05. The lowest BCUT2D eigenvalue weighted by Gasteiger charge is -2.43. The number of aryl methyl sites for hydroxylation is 1. The molecule has 1 aromatic carbocycles. The Morgan fingerprint density at radius 1 is 1.14 bits per heavy atom. The van der Waals surface area contributed by atoms with Gasteiger partial charge in [0.1, 0.15) is 5.82 Å². The summed E-state index contributed by atoms with van der Waals surface area (Å²) in [5, 5.41) is 0. The number of rotatable bonds is 4. The van der Waals surface area contributed by atoms with Gasteiger partial charge in [-0.2, -0.15) is 0 Å². The molecule has 4 heterocycles. The zero-order chi connectivity index (χ0) is 19.8. The number of hydrogen-bond acceptors (Lipinski definition) is 7. The highest BCUT2D eigenvalue weighted by molar-refractivity contribution is 5.75. The summed E-state index contributed by atoms with van der Waals surface area (Å²) in [5.41, 5.74) is 10.8. The van der Waals surface area contributed by atoms with E-state index < -0.39 is 0 Å². The van der Waals surface area contributed by atoms with Crippen LogP contribution >= 0.6 is 0 Å². The molecule has 0 amide bonds. The van der Waals surface area contributed by atoms with E-state index in [-0.39, 0.29) is 0 Å². The van der Waals surface area contributed by atoms with Gasteiger partial charge in [-0.1, -0.05) is 0 Å². The fraction of sp³-hybridized carbons (Fsp3) is 0.381. The van der Waals surface area contributed by atoms with Crippen LogP contribution in [0.4, 0.5) is 11.5 Å². The molecule has 0 unspecified atom stereocenters. The minimum atomic E-state index is 0.459. The molecule has 2 saturated heterocycles. The number of ether oxygens (including phenoxy) is 1. The van der Waals surface area contributed by atoms with Crippen molar-refractivity contribution in [2.75, 3.05) is 50.0 Å². The highest BCUT2D eigenvalue weighted by atomic mass is 16.5. The van der Waals surface area contributed by atoms with E-state index in [1.54, 1.807) is 18.7 Å². The van der Waals surface area contributed by atoms with Crippen molar-refractivity contribution in [3.63, 3.8) is 0 Å².